The van der Waals surface area contributed by atoms with E-state index in [1.54, 1.807) is 11.3 Å². The fourth-order valence-corrected chi connectivity index (χ4v) is 3.00. The van der Waals surface area contributed by atoms with Crippen LogP contribution < -0.4 is 10.6 Å². The summed E-state index contributed by atoms with van der Waals surface area (Å²) in [7, 11) is 1.88. The molecule has 0 amide bonds. The zero-order chi connectivity index (χ0) is 14.5. The predicted octanol–water partition coefficient (Wildman–Crippen LogP) is 3.95. The standard InChI is InChI=1S/C15H22N4S/c1-5-12-17-13(16-4)9-14(18-12)19-15(10(2)3)11-7-6-8-20-11/h6-10,15H,5H2,1-4H3,(H2,16,17,18,19). The van der Waals surface area contributed by atoms with Gasteiger partial charge in [0.05, 0.1) is 6.04 Å². The molecule has 2 N–H and O–H groups in total. The summed E-state index contributed by atoms with van der Waals surface area (Å²) in [6.45, 7) is 6.51. The summed E-state index contributed by atoms with van der Waals surface area (Å²) in [5.41, 5.74) is 0. The van der Waals surface area contributed by atoms with Gasteiger partial charge in [-0.05, 0) is 17.4 Å². The third-order valence-corrected chi connectivity index (χ3v) is 4.12. The maximum atomic E-state index is 4.57. The van der Waals surface area contributed by atoms with Gasteiger partial charge in [-0.1, -0.05) is 26.8 Å². The van der Waals surface area contributed by atoms with E-state index >= 15 is 0 Å². The van der Waals surface area contributed by atoms with Crippen molar-refractivity contribution in [3.63, 3.8) is 0 Å². The molecule has 108 valence electrons. The molecular weight excluding hydrogens is 268 g/mol. The van der Waals surface area contributed by atoms with Crippen LogP contribution in [0.4, 0.5) is 11.6 Å². The summed E-state index contributed by atoms with van der Waals surface area (Å²) in [6.07, 6.45) is 0.829. The average Bonchev–Trinajstić information content (AvgIpc) is 2.97. The number of nitrogens with zero attached hydrogens (tertiary/aromatic N) is 2. The van der Waals surface area contributed by atoms with Crippen LogP contribution in [0.15, 0.2) is 23.6 Å². The van der Waals surface area contributed by atoms with E-state index in [9.17, 15) is 0 Å². The second kappa shape index (κ2) is 6.70. The van der Waals surface area contributed by atoms with Gasteiger partial charge in [0.1, 0.15) is 17.5 Å². The molecule has 0 fully saturated rings. The molecule has 0 aliphatic rings. The summed E-state index contributed by atoms with van der Waals surface area (Å²) in [4.78, 5) is 10.3. The highest BCUT2D eigenvalue weighted by atomic mass is 32.1. The monoisotopic (exact) mass is 290 g/mol. The summed E-state index contributed by atoms with van der Waals surface area (Å²) >= 11 is 1.78. The van der Waals surface area contributed by atoms with Crippen molar-refractivity contribution in [2.24, 2.45) is 5.92 Å². The Morgan fingerprint density at radius 1 is 1.25 bits per heavy atom. The first kappa shape index (κ1) is 14.8. The molecule has 4 nitrogen and oxygen atoms in total. The highest BCUT2D eigenvalue weighted by Crippen LogP contribution is 2.29. The first-order valence-corrected chi connectivity index (χ1v) is 7.87. The number of anilines is 2. The van der Waals surface area contributed by atoms with Crippen LogP contribution in [0, 0.1) is 5.92 Å². The fraction of sp³-hybridized carbons (Fsp3) is 0.467. The Balaban J connectivity index is 2.26. The fourth-order valence-electron chi connectivity index (χ4n) is 2.05. The lowest BCUT2D eigenvalue weighted by molar-refractivity contribution is 0.551. The predicted molar refractivity (Wildman–Crippen MR) is 86.5 cm³/mol. The van der Waals surface area contributed by atoms with E-state index in [1.807, 2.05) is 13.1 Å². The minimum absolute atomic E-state index is 0.277. The topological polar surface area (TPSA) is 49.8 Å². The molecule has 0 radical (unpaired) electrons. The van der Waals surface area contributed by atoms with Crippen molar-refractivity contribution in [3.05, 3.63) is 34.3 Å². The van der Waals surface area contributed by atoms with Gasteiger partial charge in [0.25, 0.3) is 0 Å². The highest BCUT2D eigenvalue weighted by molar-refractivity contribution is 7.10. The number of aromatic nitrogens is 2. The Bertz CT molecular complexity index is 515. The lowest BCUT2D eigenvalue weighted by Crippen LogP contribution is -2.17. The Hall–Kier alpha value is -1.62. The second-order valence-corrected chi connectivity index (χ2v) is 6.02. The van der Waals surface area contributed by atoms with Gasteiger partial charge in [0, 0.05) is 24.4 Å². The summed E-state index contributed by atoms with van der Waals surface area (Å²) in [6, 6.07) is 6.50. The summed E-state index contributed by atoms with van der Waals surface area (Å²) in [5, 5.41) is 8.75. The molecule has 1 atom stereocenters. The van der Waals surface area contributed by atoms with E-state index in [0.29, 0.717) is 5.92 Å². The molecule has 20 heavy (non-hydrogen) atoms. The first-order chi connectivity index (χ1) is 9.63. The Kier molecular flexibility index (Phi) is 4.95. The van der Waals surface area contributed by atoms with Gasteiger partial charge in [0.2, 0.25) is 0 Å². The molecule has 0 aromatic carbocycles. The third kappa shape index (κ3) is 3.48. The molecule has 0 saturated carbocycles. The van der Waals surface area contributed by atoms with Crippen molar-refractivity contribution in [3.8, 4) is 0 Å². The van der Waals surface area contributed by atoms with E-state index in [-0.39, 0.29) is 6.04 Å². The van der Waals surface area contributed by atoms with Crippen LogP contribution in [0.5, 0.6) is 0 Å². The lowest BCUT2D eigenvalue weighted by atomic mass is 10.0. The van der Waals surface area contributed by atoms with Gasteiger partial charge in [0.15, 0.2) is 0 Å². The summed E-state index contributed by atoms with van der Waals surface area (Å²) in [5.74, 6) is 3.08. The molecule has 2 rings (SSSR count). The van der Waals surface area contributed by atoms with Crippen LogP contribution in [0.1, 0.15) is 37.5 Å². The molecule has 2 aromatic heterocycles. The molecule has 0 spiro atoms. The van der Waals surface area contributed by atoms with E-state index in [4.69, 9.17) is 0 Å². The van der Waals surface area contributed by atoms with Crippen molar-refractivity contribution in [1.82, 2.24) is 9.97 Å². The van der Waals surface area contributed by atoms with Crippen LogP contribution in [-0.2, 0) is 6.42 Å². The molecule has 2 aromatic rings. The molecule has 0 aliphatic heterocycles. The van der Waals surface area contributed by atoms with Crippen LogP contribution in [0.3, 0.4) is 0 Å². The van der Waals surface area contributed by atoms with Crippen molar-refractivity contribution in [1.29, 1.82) is 0 Å². The van der Waals surface area contributed by atoms with Crippen molar-refractivity contribution < 1.29 is 0 Å². The second-order valence-electron chi connectivity index (χ2n) is 5.04. The van der Waals surface area contributed by atoms with Crippen molar-refractivity contribution in [2.45, 2.75) is 33.2 Å². The van der Waals surface area contributed by atoms with Crippen LogP contribution >= 0.6 is 11.3 Å². The molecule has 0 bridgehead atoms. The highest BCUT2D eigenvalue weighted by Gasteiger charge is 2.17. The zero-order valence-corrected chi connectivity index (χ0v) is 13.3. The van der Waals surface area contributed by atoms with Gasteiger partial charge in [-0.2, -0.15) is 0 Å². The van der Waals surface area contributed by atoms with Gasteiger partial charge < -0.3 is 10.6 Å². The Morgan fingerprint density at radius 2 is 2.00 bits per heavy atom. The summed E-state index contributed by atoms with van der Waals surface area (Å²) < 4.78 is 0. The number of hydrogen-bond donors (Lipinski definition) is 2. The zero-order valence-electron chi connectivity index (χ0n) is 12.5. The molecule has 2 heterocycles. The Labute approximate surface area is 124 Å². The quantitative estimate of drug-likeness (QED) is 0.845. The van der Waals surface area contributed by atoms with Crippen molar-refractivity contribution >= 4 is 23.0 Å². The van der Waals surface area contributed by atoms with Crippen LogP contribution in [0.25, 0.3) is 0 Å². The molecule has 0 aliphatic carbocycles. The number of nitrogens with one attached hydrogen (secondary N) is 2. The number of thiophene rings is 1. The lowest BCUT2D eigenvalue weighted by Gasteiger charge is -2.22. The minimum atomic E-state index is 0.277. The number of hydrogen-bond acceptors (Lipinski definition) is 5. The largest absolute Gasteiger partial charge is 0.373 e. The van der Waals surface area contributed by atoms with E-state index < -0.39 is 0 Å². The SMILES string of the molecule is CCc1nc(NC)cc(NC(c2cccs2)C(C)C)n1. The average molecular weight is 290 g/mol. The van der Waals surface area contributed by atoms with Gasteiger partial charge in [-0.25, -0.2) is 9.97 Å². The smallest absolute Gasteiger partial charge is 0.132 e. The van der Waals surface area contributed by atoms with E-state index in [2.05, 4.69) is 58.9 Å². The molecular formula is C15H22N4S. The number of rotatable bonds is 6. The normalized spacial score (nSPS) is 12.4. The molecule has 1 unspecified atom stereocenters. The first-order valence-electron chi connectivity index (χ1n) is 6.99. The van der Waals surface area contributed by atoms with Crippen LogP contribution in [0.2, 0.25) is 0 Å². The molecule has 0 saturated heterocycles. The van der Waals surface area contributed by atoms with Gasteiger partial charge >= 0.3 is 0 Å². The third-order valence-electron chi connectivity index (χ3n) is 3.16. The van der Waals surface area contributed by atoms with E-state index in [0.717, 1.165) is 23.9 Å². The maximum Gasteiger partial charge on any atom is 0.132 e. The maximum absolute atomic E-state index is 4.57. The van der Waals surface area contributed by atoms with Gasteiger partial charge in [-0.15, -0.1) is 11.3 Å². The van der Waals surface area contributed by atoms with Gasteiger partial charge in [-0.3, -0.25) is 0 Å². The van der Waals surface area contributed by atoms with Crippen molar-refractivity contribution in [2.75, 3.05) is 17.7 Å². The Morgan fingerprint density at radius 3 is 2.55 bits per heavy atom. The number of aryl methyl sites for hydroxylation is 1. The molecule has 5 heteroatoms. The van der Waals surface area contributed by atoms with Crippen LogP contribution in [-0.4, -0.2) is 17.0 Å². The minimum Gasteiger partial charge on any atom is -0.373 e. The van der Waals surface area contributed by atoms with E-state index in [1.165, 1.54) is 4.88 Å².